The van der Waals surface area contributed by atoms with Gasteiger partial charge < -0.3 is 25.6 Å². The second-order valence-electron chi connectivity index (χ2n) is 23.2. The molecule has 0 bridgehead atoms. The summed E-state index contributed by atoms with van der Waals surface area (Å²) in [4.78, 5) is 32.0. The van der Waals surface area contributed by atoms with Crippen molar-refractivity contribution in [3.8, 4) is 0 Å². The molecule has 0 amide bonds. The topological polar surface area (TPSA) is 151 Å². The Morgan fingerprint density at radius 3 is 1.43 bits per heavy atom. The van der Waals surface area contributed by atoms with Crippen molar-refractivity contribution in [3.05, 3.63) is 224 Å². The maximum atomic E-state index is 14.4. The average Bonchev–Trinajstić information content (AvgIpc) is 2.06. The summed E-state index contributed by atoms with van der Waals surface area (Å²) < 4.78 is 28.7. The summed E-state index contributed by atoms with van der Waals surface area (Å²) in [5.41, 5.74) is 8.37. The average molecular weight is 1250 g/mol. The Kier molecular flexibility index (Phi) is 25.0. The van der Waals surface area contributed by atoms with E-state index in [1.165, 1.54) is 0 Å². The molecule has 2 saturated carbocycles. The molecule has 2 heterocycles. The van der Waals surface area contributed by atoms with E-state index in [0.29, 0.717) is 34.4 Å². The van der Waals surface area contributed by atoms with Crippen LogP contribution in [0.15, 0.2) is 158 Å². The van der Waals surface area contributed by atoms with Gasteiger partial charge in [0, 0.05) is 48.2 Å². The molecule has 8 nitrogen and oxygen atoms in total. The number of aromatic nitrogens is 2. The van der Waals surface area contributed by atoms with Gasteiger partial charge in [-0.25, -0.2) is 18.7 Å². The number of carbonyl (C=O) groups is 1. The number of hydrogen-bond donors (Lipinski definition) is 3. The molecule has 2 aliphatic rings. The maximum Gasteiger partial charge on any atom is 1.00 e. The third-order valence-corrected chi connectivity index (χ3v) is 19.5. The third kappa shape index (κ3) is 18.7. The fraction of sp³-hybridized carbons (Fsp3) is 0.324. The van der Waals surface area contributed by atoms with Gasteiger partial charge in [0.05, 0.1) is 40.0 Å². The van der Waals surface area contributed by atoms with E-state index < -0.39 is 40.3 Å². The minimum Gasteiger partial charge on any atom is -0.870 e. The van der Waals surface area contributed by atoms with Crippen LogP contribution in [-0.4, -0.2) is 66.9 Å². The maximum absolute atomic E-state index is 14.4. The number of thioether (sulfide) groups is 2. The van der Waals surface area contributed by atoms with Crippen LogP contribution in [-0.2, 0) is 33.6 Å². The van der Waals surface area contributed by atoms with E-state index in [4.69, 9.17) is 33.2 Å². The molecule has 6 aromatic carbocycles. The number of fused-ring (bicyclic) bond motifs is 2. The summed E-state index contributed by atoms with van der Waals surface area (Å²) in [7, 11) is 0. The van der Waals surface area contributed by atoms with Crippen molar-refractivity contribution in [2.45, 2.75) is 121 Å². The molecule has 6 atom stereocenters. The van der Waals surface area contributed by atoms with Gasteiger partial charge in [-0.1, -0.05) is 164 Å². The number of nitrogens with zero attached hydrogens (tertiary/aromatic N) is 2. The Balaban J connectivity index is 0.000000266. The third-order valence-electron chi connectivity index (χ3n) is 15.8. The fourth-order valence-electron chi connectivity index (χ4n) is 10.8. The van der Waals surface area contributed by atoms with Crippen molar-refractivity contribution in [1.29, 1.82) is 0 Å². The first-order chi connectivity index (χ1) is 39.7. The van der Waals surface area contributed by atoms with Crippen molar-refractivity contribution in [2.24, 2.45) is 10.8 Å². The van der Waals surface area contributed by atoms with Crippen LogP contribution in [0.25, 0.3) is 46.1 Å². The first kappa shape index (κ1) is 69.9. The van der Waals surface area contributed by atoms with Crippen LogP contribution in [0.1, 0.15) is 140 Å². The molecular formula is C71H74Cl2F2N2NaO6S2-. The van der Waals surface area contributed by atoms with Crippen molar-refractivity contribution < 1.29 is 68.7 Å². The van der Waals surface area contributed by atoms with Crippen LogP contribution in [0.4, 0.5) is 8.78 Å². The van der Waals surface area contributed by atoms with E-state index in [-0.39, 0.29) is 65.8 Å². The van der Waals surface area contributed by atoms with Crippen molar-refractivity contribution >= 4 is 105 Å². The number of carbonyl (C=O) groups excluding carboxylic acids is 1. The number of pyridine rings is 2. The molecule has 2 aliphatic carbocycles. The van der Waals surface area contributed by atoms with Gasteiger partial charge in [0.15, 0.2) is 0 Å². The summed E-state index contributed by atoms with van der Waals surface area (Å²) in [5.74, 6) is 0.0651. The molecule has 0 saturated heterocycles. The second kappa shape index (κ2) is 30.8. The molecule has 15 heteroatoms. The summed E-state index contributed by atoms with van der Waals surface area (Å²) in [6.45, 7) is 7.19. The Hall–Kier alpha value is -5.22. The van der Waals surface area contributed by atoms with Crippen LogP contribution >= 0.6 is 46.7 Å². The van der Waals surface area contributed by atoms with Gasteiger partial charge in [-0.3, -0.25) is 11.1 Å². The minimum absolute atomic E-state index is 0. The second-order valence-corrected chi connectivity index (χ2v) is 26.5. The van der Waals surface area contributed by atoms with E-state index in [2.05, 4.69) is 42.5 Å². The quantitative estimate of drug-likeness (QED) is 0.0394. The number of benzene rings is 6. The van der Waals surface area contributed by atoms with E-state index >= 15 is 0 Å². The summed E-state index contributed by atoms with van der Waals surface area (Å²) in [6, 6.07) is 51.9. The van der Waals surface area contributed by atoms with Gasteiger partial charge in [0.2, 0.25) is 0 Å². The Bertz CT molecular complexity index is 3670. The summed E-state index contributed by atoms with van der Waals surface area (Å²) in [5, 5.41) is 34.3. The largest absolute Gasteiger partial charge is 1.00 e. The van der Waals surface area contributed by atoms with E-state index in [1.807, 2.05) is 146 Å². The van der Waals surface area contributed by atoms with Crippen molar-refractivity contribution in [3.63, 3.8) is 0 Å². The number of rotatable bonds is 24. The molecule has 8 aromatic rings. The first-order valence-corrected chi connectivity index (χ1v) is 30.9. The smallest absolute Gasteiger partial charge is 0.870 e. The summed E-state index contributed by atoms with van der Waals surface area (Å²) >= 11 is 15.7. The fourth-order valence-corrected chi connectivity index (χ4v) is 14.2. The normalized spacial score (nSPS) is 18.7. The monoisotopic (exact) mass is 1250 g/mol. The van der Waals surface area contributed by atoms with Crippen LogP contribution in [0.2, 0.25) is 10.0 Å². The molecule has 2 fully saturated rings. The first-order valence-electron chi connectivity index (χ1n) is 28.1. The molecule has 86 heavy (non-hydrogen) atoms. The predicted molar refractivity (Wildman–Crippen MR) is 350 cm³/mol. The molecule has 2 aromatic heterocycles. The molecule has 10 rings (SSSR count). The Labute approximate surface area is 546 Å². The molecule has 0 spiro atoms. The molecule has 0 aliphatic heterocycles. The van der Waals surface area contributed by atoms with Gasteiger partial charge >= 0.3 is 35.5 Å². The standard InChI is InChI=1S/C35H35ClFNO3S.C35H34ClFNO2S.CH4.Na.H2O/c1-34(2,41)29-9-4-3-7-24(29)13-17-31(42-22-35(20-32(35)37)21-33(39)40)26-8-5-6-23(18-26)10-15-28-16-12-25-11-14-27(36)19-30(25)38-28;1-34(2,40)30-9-4-3-7-25(30)13-17-32(41-23-35(18-19-39)22-33(35)37)27-8-5-6-24(20-27)10-15-29-16-12-26-11-14-28(36)21-31(26)38-29;;;/h3-12,14-16,18-19,31-32,41H,13,17,20-22H2,1-2H3,(H,39,40);3-12,14-16,20-21,32-33,40H,13,17-18,22-23H2,1-2H3;1H4;;1H2/q;-1;;+1;/p-1/b2*15-10+;;;/t31-,32?,35?;32-,33?,35?;;;/m11.../s1. The molecule has 0 radical (unpaired) electrons. The molecular weight excluding hydrogens is 1170 g/mol. The number of alkyl halides is 2. The number of aliphatic hydroxyl groups is 2. The van der Waals surface area contributed by atoms with Gasteiger partial charge in [0.25, 0.3) is 0 Å². The zero-order chi connectivity index (χ0) is 58.9. The number of aryl methyl sites for hydroxylation is 2. The van der Waals surface area contributed by atoms with Crippen molar-refractivity contribution in [2.75, 3.05) is 11.5 Å². The van der Waals surface area contributed by atoms with Gasteiger partial charge in [0.1, 0.15) is 12.3 Å². The predicted octanol–water partition coefficient (Wildman–Crippen LogP) is 15.3. The van der Waals surface area contributed by atoms with Gasteiger partial charge in [-0.2, -0.15) is 23.5 Å². The van der Waals surface area contributed by atoms with E-state index in [0.717, 1.165) is 103 Å². The van der Waals surface area contributed by atoms with Gasteiger partial charge in [-0.15, -0.1) is 6.42 Å². The SMILES string of the molecule is C.CC(C)(O)c1ccccc1CC[C@@H](SCC1(CC(=O)O)CC1F)c1cccc(/C=C/c2ccc3ccc(Cl)cc3n2)c1.CC(C)(O)c1ccccc1CC[C@@H](SCC1(C[C-]=O)CC1F)c1cccc(/C=C/c2ccc3ccc(Cl)cc3n2)c1.[Na+].[OH-]. The van der Waals surface area contributed by atoms with Crippen LogP contribution < -0.4 is 29.6 Å². The number of carboxylic acid groups (broad SMARTS) is 1. The zero-order valence-electron chi connectivity index (χ0n) is 48.5. The number of carboxylic acids is 1. The van der Waals surface area contributed by atoms with E-state index in [9.17, 15) is 33.7 Å². The van der Waals surface area contributed by atoms with Crippen LogP contribution in [0.5, 0.6) is 0 Å². The number of hydrogen-bond acceptors (Lipinski definition) is 9. The molecule has 446 valence electrons. The van der Waals surface area contributed by atoms with Gasteiger partial charge in [-0.05, 0) is 165 Å². The minimum atomic E-state index is -1.07. The van der Waals surface area contributed by atoms with Crippen LogP contribution in [0.3, 0.4) is 0 Å². The van der Waals surface area contributed by atoms with Crippen LogP contribution in [0, 0.1) is 10.8 Å². The zero-order valence-corrected chi connectivity index (χ0v) is 53.7. The van der Waals surface area contributed by atoms with E-state index in [1.54, 1.807) is 51.2 Å². The number of aliphatic carboxylic acids is 1. The number of halogens is 4. The van der Waals surface area contributed by atoms with Crippen molar-refractivity contribution in [1.82, 2.24) is 9.97 Å². The molecule has 4 unspecified atom stereocenters. The Morgan fingerprint density at radius 1 is 0.628 bits per heavy atom. The summed E-state index contributed by atoms with van der Waals surface area (Å²) in [6.07, 6.45) is 11.8. The molecule has 4 N–H and O–H groups in total. The Morgan fingerprint density at radius 2 is 1.03 bits per heavy atom.